The molecule has 0 N–H and O–H groups in total. The first-order chi connectivity index (χ1) is 12.3. The quantitative estimate of drug-likeness (QED) is 0.674. The SMILES string of the molecule is Cn1nc(-n2cc3c(B4OCC(C)(C)CO4)cccc3n2)cc1C(F)F. The molecule has 1 aliphatic rings. The fourth-order valence-corrected chi connectivity index (χ4v) is 3.04. The highest BCUT2D eigenvalue weighted by molar-refractivity contribution is 6.64. The van der Waals surface area contributed by atoms with E-state index in [9.17, 15) is 8.78 Å². The zero-order valence-corrected chi connectivity index (χ0v) is 14.8. The van der Waals surface area contributed by atoms with Gasteiger partial charge < -0.3 is 9.31 Å². The van der Waals surface area contributed by atoms with Gasteiger partial charge in [-0.3, -0.25) is 4.68 Å². The molecule has 26 heavy (non-hydrogen) atoms. The molecule has 0 saturated carbocycles. The summed E-state index contributed by atoms with van der Waals surface area (Å²) in [6.45, 7) is 5.37. The van der Waals surface area contributed by atoms with Gasteiger partial charge in [0.25, 0.3) is 6.43 Å². The number of aryl methyl sites for hydroxylation is 1. The summed E-state index contributed by atoms with van der Waals surface area (Å²) in [6.07, 6.45) is -0.816. The van der Waals surface area contributed by atoms with E-state index in [0.29, 0.717) is 19.0 Å². The minimum absolute atomic E-state index is 0.0196. The van der Waals surface area contributed by atoms with E-state index in [-0.39, 0.29) is 11.1 Å². The second kappa shape index (κ2) is 6.17. The Labute approximate surface area is 149 Å². The summed E-state index contributed by atoms with van der Waals surface area (Å²) in [4.78, 5) is 0. The van der Waals surface area contributed by atoms with Gasteiger partial charge in [-0.1, -0.05) is 26.0 Å². The number of aromatic nitrogens is 4. The molecule has 136 valence electrons. The second-order valence-corrected chi connectivity index (χ2v) is 7.32. The van der Waals surface area contributed by atoms with E-state index in [2.05, 4.69) is 24.0 Å². The van der Waals surface area contributed by atoms with Crippen LogP contribution in [0.2, 0.25) is 0 Å². The van der Waals surface area contributed by atoms with Gasteiger partial charge in [0, 0.05) is 43.3 Å². The summed E-state index contributed by atoms with van der Waals surface area (Å²) in [6, 6.07) is 7.01. The first-order valence-electron chi connectivity index (χ1n) is 8.38. The number of halogens is 2. The number of nitrogens with zero attached hydrogens (tertiary/aromatic N) is 4. The molecule has 1 aliphatic heterocycles. The largest absolute Gasteiger partial charge is 0.494 e. The van der Waals surface area contributed by atoms with Gasteiger partial charge in [0.2, 0.25) is 0 Å². The molecule has 1 fully saturated rings. The molecule has 0 bridgehead atoms. The fourth-order valence-electron chi connectivity index (χ4n) is 3.04. The van der Waals surface area contributed by atoms with Crippen molar-refractivity contribution in [3.63, 3.8) is 0 Å². The van der Waals surface area contributed by atoms with Crippen molar-refractivity contribution >= 4 is 23.5 Å². The Balaban J connectivity index is 1.71. The maximum absolute atomic E-state index is 13.0. The van der Waals surface area contributed by atoms with E-state index in [1.165, 1.54) is 22.5 Å². The van der Waals surface area contributed by atoms with Gasteiger partial charge in [-0.2, -0.15) is 10.2 Å². The van der Waals surface area contributed by atoms with E-state index < -0.39 is 13.5 Å². The van der Waals surface area contributed by atoms with Crippen LogP contribution in [0.1, 0.15) is 26.0 Å². The van der Waals surface area contributed by atoms with Crippen LogP contribution in [0.4, 0.5) is 8.78 Å². The highest BCUT2D eigenvalue weighted by Crippen LogP contribution is 2.24. The van der Waals surface area contributed by atoms with E-state index in [1.54, 1.807) is 6.20 Å². The Kier molecular flexibility index (Phi) is 4.08. The third-order valence-electron chi connectivity index (χ3n) is 4.45. The Morgan fingerprint density at radius 3 is 2.58 bits per heavy atom. The normalized spacial score (nSPS) is 17.4. The number of rotatable bonds is 3. The van der Waals surface area contributed by atoms with Crippen LogP contribution in [0.3, 0.4) is 0 Å². The zero-order chi connectivity index (χ0) is 18.5. The molecule has 0 aliphatic carbocycles. The predicted molar refractivity (Wildman–Crippen MR) is 93.9 cm³/mol. The van der Waals surface area contributed by atoms with Crippen LogP contribution in [-0.4, -0.2) is 39.9 Å². The molecule has 0 atom stereocenters. The van der Waals surface area contributed by atoms with Gasteiger partial charge in [-0.05, 0) is 11.5 Å². The summed E-state index contributed by atoms with van der Waals surface area (Å²) in [7, 11) is 1.02. The molecule has 1 saturated heterocycles. The number of hydrogen-bond acceptors (Lipinski definition) is 4. The van der Waals surface area contributed by atoms with Crippen molar-refractivity contribution < 1.29 is 18.1 Å². The number of alkyl halides is 2. The monoisotopic (exact) mass is 360 g/mol. The Morgan fingerprint density at radius 2 is 1.92 bits per heavy atom. The summed E-state index contributed by atoms with van der Waals surface area (Å²) < 4.78 is 40.4. The highest BCUT2D eigenvalue weighted by atomic mass is 19.3. The van der Waals surface area contributed by atoms with Crippen LogP contribution in [0, 0.1) is 5.41 Å². The van der Waals surface area contributed by atoms with Crippen molar-refractivity contribution in [3.05, 3.63) is 36.2 Å². The van der Waals surface area contributed by atoms with Crippen molar-refractivity contribution in [2.24, 2.45) is 12.5 Å². The Hall–Kier alpha value is -2.26. The van der Waals surface area contributed by atoms with Crippen LogP contribution in [0.25, 0.3) is 16.7 Å². The molecule has 9 heteroatoms. The Bertz CT molecular complexity index is 944. The summed E-state index contributed by atoms with van der Waals surface area (Å²) in [5, 5.41) is 9.45. The van der Waals surface area contributed by atoms with Crippen LogP contribution in [0.15, 0.2) is 30.5 Å². The van der Waals surface area contributed by atoms with Crippen LogP contribution in [-0.2, 0) is 16.4 Å². The maximum atomic E-state index is 13.0. The average molecular weight is 360 g/mol. The first kappa shape index (κ1) is 17.2. The lowest BCUT2D eigenvalue weighted by molar-refractivity contribution is 0.0344. The average Bonchev–Trinajstić information content (AvgIpc) is 3.18. The topological polar surface area (TPSA) is 54.1 Å². The molecule has 3 heterocycles. The highest BCUT2D eigenvalue weighted by Gasteiger charge is 2.34. The molecule has 0 spiro atoms. The van der Waals surface area contributed by atoms with Gasteiger partial charge in [0.1, 0.15) is 5.69 Å². The standard InChI is InChI=1S/C17H19BF2N4O2/c1-17(2)9-25-18(26-10-17)12-5-4-6-13-11(12)8-24(21-13)15-7-14(16(19)20)23(3)22-15/h4-8,16H,9-10H2,1-3H3. The van der Waals surface area contributed by atoms with Crippen molar-refractivity contribution in [2.75, 3.05) is 13.2 Å². The second-order valence-electron chi connectivity index (χ2n) is 7.32. The van der Waals surface area contributed by atoms with E-state index in [4.69, 9.17) is 9.31 Å². The van der Waals surface area contributed by atoms with Gasteiger partial charge in [-0.25, -0.2) is 13.5 Å². The maximum Gasteiger partial charge on any atom is 0.494 e. The number of benzene rings is 1. The zero-order valence-electron chi connectivity index (χ0n) is 14.8. The number of hydrogen-bond donors (Lipinski definition) is 0. The summed E-state index contributed by atoms with van der Waals surface area (Å²) in [5.41, 5.74) is 1.42. The third kappa shape index (κ3) is 3.01. The van der Waals surface area contributed by atoms with Gasteiger partial charge in [-0.15, -0.1) is 0 Å². The summed E-state index contributed by atoms with van der Waals surface area (Å²) >= 11 is 0. The molecule has 0 amide bonds. The Morgan fingerprint density at radius 1 is 1.19 bits per heavy atom. The lowest BCUT2D eigenvalue weighted by Gasteiger charge is -2.33. The molecule has 6 nitrogen and oxygen atoms in total. The molecule has 0 unspecified atom stereocenters. The lowest BCUT2D eigenvalue weighted by Crippen LogP contribution is -2.47. The van der Waals surface area contributed by atoms with Crippen molar-refractivity contribution in [1.82, 2.24) is 19.6 Å². The van der Waals surface area contributed by atoms with Crippen molar-refractivity contribution in [1.29, 1.82) is 0 Å². The van der Waals surface area contributed by atoms with Crippen LogP contribution in [0.5, 0.6) is 0 Å². The molecule has 0 radical (unpaired) electrons. The minimum Gasteiger partial charge on any atom is -0.407 e. The van der Waals surface area contributed by atoms with Crippen LogP contribution >= 0.6 is 0 Å². The third-order valence-corrected chi connectivity index (χ3v) is 4.45. The molecule has 4 rings (SSSR count). The number of fused-ring (bicyclic) bond motifs is 1. The smallest absolute Gasteiger partial charge is 0.407 e. The molecule has 2 aromatic heterocycles. The van der Waals surface area contributed by atoms with Gasteiger partial charge in [0.05, 0.1) is 5.52 Å². The van der Waals surface area contributed by atoms with Crippen molar-refractivity contribution in [2.45, 2.75) is 20.3 Å². The van der Waals surface area contributed by atoms with E-state index >= 15 is 0 Å². The molecular weight excluding hydrogens is 341 g/mol. The van der Waals surface area contributed by atoms with Gasteiger partial charge in [0.15, 0.2) is 5.82 Å². The van der Waals surface area contributed by atoms with Crippen molar-refractivity contribution in [3.8, 4) is 5.82 Å². The van der Waals surface area contributed by atoms with E-state index in [0.717, 1.165) is 16.4 Å². The molecule has 3 aromatic rings. The summed E-state index contributed by atoms with van der Waals surface area (Å²) in [5.74, 6) is 0.344. The first-order valence-corrected chi connectivity index (χ1v) is 8.38. The van der Waals surface area contributed by atoms with Gasteiger partial charge >= 0.3 is 7.12 Å². The molecular formula is C17H19BF2N4O2. The molecule has 1 aromatic carbocycles. The van der Waals surface area contributed by atoms with E-state index in [1.807, 2.05) is 18.2 Å². The predicted octanol–water partition coefficient (Wildman–Crippen LogP) is 2.46. The minimum atomic E-state index is -2.59. The van der Waals surface area contributed by atoms with Crippen LogP contribution < -0.4 is 5.46 Å². The lowest BCUT2D eigenvalue weighted by atomic mass is 9.74. The fraction of sp³-hybridized carbons (Fsp3) is 0.412.